The molecule has 1 atom stereocenters. The minimum Gasteiger partial charge on any atom is -0.478 e. The molecule has 42 heavy (non-hydrogen) atoms. The number of aromatic nitrogens is 2. The molecule has 3 aromatic rings. The van der Waals surface area contributed by atoms with Crippen LogP contribution in [0.4, 0.5) is 10.8 Å². The van der Waals surface area contributed by atoms with Gasteiger partial charge < -0.3 is 16.2 Å². The molecule has 5 rings (SSSR count). The van der Waals surface area contributed by atoms with E-state index in [0.717, 1.165) is 17.3 Å². The van der Waals surface area contributed by atoms with E-state index in [-0.39, 0.29) is 39.8 Å². The first kappa shape index (κ1) is 29.3. The van der Waals surface area contributed by atoms with Crippen molar-refractivity contribution in [2.75, 3.05) is 16.0 Å². The van der Waals surface area contributed by atoms with Crippen molar-refractivity contribution in [1.82, 2.24) is 10.2 Å². The van der Waals surface area contributed by atoms with Crippen LogP contribution in [0, 0.1) is 16.7 Å². The summed E-state index contributed by atoms with van der Waals surface area (Å²) in [5.74, 6) is -1.96. The van der Waals surface area contributed by atoms with E-state index in [2.05, 4.69) is 21.6 Å². The van der Waals surface area contributed by atoms with Gasteiger partial charge >= 0.3 is 5.97 Å². The molecule has 10 nitrogen and oxygen atoms in total. The molecule has 0 bridgehead atoms. The normalized spacial score (nSPS) is 18.0. The minimum absolute atomic E-state index is 0.00119. The number of Topliss-reactive ketones (excluding diaryl/α,β-unsaturated/α-hetero) is 1. The average Bonchev–Trinajstić information content (AvgIpc) is 3.39. The molecule has 0 saturated carbocycles. The number of hydrogen-bond donors (Lipinski definition) is 3. The lowest BCUT2D eigenvalue weighted by atomic mass is 9.69. The van der Waals surface area contributed by atoms with Gasteiger partial charge in [0.25, 0.3) is 0 Å². The van der Waals surface area contributed by atoms with Crippen molar-refractivity contribution in [3.05, 3.63) is 87.3 Å². The molecule has 2 aliphatic rings. The molecule has 1 unspecified atom stereocenters. The number of nitrogens with zero attached hydrogens (tertiary/aromatic N) is 4. The van der Waals surface area contributed by atoms with Gasteiger partial charge in [-0.2, -0.15) is 5.26 Å². The maximum atomic E-state index is 13.6. The SMILES string of the molecule is CC1(C)CC(=O)C2=C(C1)N(c1nnc(SCC(=O)Nc3cccc(C(=O)O)c3)s1)C(N)=C(C#N)C2c1ccc(Cl)cc1. The highest BCUT2D eigenvalue weighted by Crippen LogP contribution is 2.50. The van der Waals surface area contributed by atoms with Gasteiger partial charge in [0.2, 0.25) is 11.0 Å². The molecule has 2 heterocycles. The van der Waals surface area contributed by atoms with Gasteiger partial charge in [-0.15, -0.1) is 10.2 Å². The van der Waals surface area contributed by atoms with Crippen molar-refractivity contribution >= 4 is 63.2 Å². The number of carboxylic acids is 1. The number of benzene rings is 2. The number of carboxylic acid groups (broad SMARTS) is 1. The standard InChI is InChI=1S/C29H25ClN6O4S2/c1-29(2)11-20-24(21(37)12-29)23(15-6-8-17(30)9-7-15)19(13-31)25(32)36(20)27-34-35-28(42-27)41-14-22(38)33-18-5-3-4-16(10-18)26(39)40/h3-10,23H,11-12,14,32H2,1-2H3,(H,33,38)(H,39,40). The maximum absolute atomic E-state index is 13.6. The molecular weight excluding hydrogens is 596 g/mol. The monoisotopic (exact) mass is 620 g/mol. The van der Waals surface area contributed by atoms with E-state index >= 15 is 0 Å². The number of hydrogen-bond acceptors (Lipinski definition) is 10. The van der Waals surface area contributed by atoms with E-state index in [1.165, 1.54) is 23.5 Å². The Hall–Kier alpha value is -4.18. The fourth-order valence-electron chi connectivity index (χ4n) is 5.12. The summed E-state index contributed by atoms with van der Waals surface area (Å²) < 4.78 is 0.481. The number of thioether (sulfide) groups is 1. The van der Waals surface area contributed by atoms with Crippen molar-refractivity contribution in [2.45, 2.75) is 36.9 Å². The van der Waals surface area contributed by atoms with Crippen LogP contribution in [-0.4, -0.2) is 38.7 Å². The van der Waals surface area contributed by atoms with Gasteiger partial charge in [0.05, 0.1) is 28.9 Å². The third-order valence-electron chi connectivity index (χ3n) is 6.89. The zero-order valence-corrected chi connectivity index (χ0v) is 24.9. The summed E-state index contributed by atoms with van der Waals surface area (Å²) in [6, 6.07) is 15.2. The molecule has 0 radical (unpaired) electrons. The van der Waals surface area contributed by atoms with E-state index in [4.69, 9.17) is 22.4 Å². The number of nitrogens with one attached hydrogen (secondary N) is 1. The van der Waals surface area contributed by atoms with Gasteiger partial charge in [0, 0.05) is 28.4 Å². The number of carbonyl (C=O) groups excluding carboxylic acids is 2. The second kappa shape index (κ2) is 11.6. The number of ketones is 1. The predicted molar refractivity (Wildman–Crippen MR) is 161 cm³/mol. The summed E-state index contributed by atoms with van der Waals surface area (Å²) in [4.78, 5) is 39.0. The third-order valence-corrected chi connectivity index (χ3v) is 9.19. The van der Waals surface area contributed by atoms with Crippen LogP contribution in [0.1, 0.15) is 48.5 Å². The predicted octanol–water partition coefficient (Wildman–Crippen LogP) is 5.56. The third kappa shape index (κ3) is 5.90. The molecule has 1 aromatic heterocycles. The Balaban J connectivity index is 1.43. The van der Waals surface area contributed by atoms with Crippen LogP contribution in [0.3, 0.4) is 0 Å². The average molecular weight is 621 g/mol. The van der Waals surface area contributed by atoms with E-state index in [1.54, 1.807) is 41.3 Å². The van der Waals surface area contributed by atoms with Gasteiger partial charge in [-0.1, -0.05) is 66.7 Å². The number of amides is 1. The summed E-state index contributed by atoms with van der Waals surface area (Å²) >= 11 is 8.45. The first-order valence-corrected chi connectivity index (χ1v) is 15.0. The number of carbonyl (C=O) groups is 3. The topological polar surface area (TPSA) is 162 Å². The summed E-state index contributed by atoms with van der Waals surface area (Å²) in [5.41, 5.74) is 8.90. The van der Waals surface area contributed by atoms with Crippen LogP contribution in [0.2, 0.25) is 5.02 Å². The smallest absolute Gasteiger partial charge is 0.335 e. The molecular formula is C29H25ClN6O4S2. The molecule has 1 aliphatic heterocycles. The molecule has 214 valence electrons. The Morgan fingerprint density at radius 3 is 2.67 bits per heavy atom. The van der Waals surface area contributed by atoms with Gasteiger partial charge in [-0.3, -0.25) is 14.5 Å². The highest BCUT2D eigenvalue weighted by atomic mass is 35.5. The summed E-state index contributed by atoms with van der Waals surface area (Å²) in [6.45, 7) is 4.02. The van der Waals surface area contributed by atoms with Gasteiger partial charge in [0.15, 0.2) is 10.1 Å². The lowest BCUT2D eigenvalue weighted by Gasteiger charge is -2.42. The Bertz CT molecular complexity index is 1710. The Kier molecular flexibility index (Phi) is 8.10. The van der Waals surface area contributed by atoms with E-state index in [1.807, 2.05) is 13.8 Å². The number of nitrogens with two attached hydrogens (primary N) is 1. The quantitative estimate of drug-likeness (QED) is 0.285. The number of anilines is 2. The highest BCUT2D eigenvalue weighted by Gasteiger charge is 2.45. The Labute approximate surface area is 254 Å². The van der Waals surface area contributed by atoms with Crippen molar-refractivity contribution in [1.29, 1.82) is 5.26 Å². The molecule has 0 spiro atoms. The highest BCUT2D eigenvalue weighted by molar-refractivity contribution is 8.01. The van der Waals surface area contributed by atoms with Gasteiger partial charge in [-0.25, -0.2) is 4.79 Å². The zero-order valence-electron chi connectivity index (χ0n) is 22.6. The van der Waals surface area contributed by atoms with Crippen molar-refractivity contribution < 1.29 is 19.5 Å². The summed E-state index contributed by atoms with van der Waals surface area (Å²) in [5, 5.41) is 31.5. The number of allylic oxidation sites excluding steroid dienone is 3. The number of rotatable bonds is 7. The van der Waals surface area contributed by atoms with Crippen LogP contribution in [0.5, 0.6) is 0 Å². The zero-order chi connectivity index (χ0) is 30.2. The molecule has 1 amide bonds. The number of aromatic carboxylic acids is 1. The number of halogens is 1. The Morgan fingerprint density at radius 1 is 1.24 bits per heavy atom. The van der Waals surface area contributed by atoms with E-state index in [0.29, 0.717) is 44.3 Å². The van der Waals surface area contributed by atoms with Gasteiger partial charge in [0.1, 0.15) is 5.82 Å². The van der Waals surface area contributed by atoms with Crippen molar-refractivity contribution in [3.8, 4) is 6.07 Å². The first-order chi connectivity index (χ1) is 20.0. The second-order valence-corrected chi connectivity index (χ2v) is 13.2. The van der Waals surface area contributed by atoms with Crippen LogP contribution in [-0.2, 0) is 9.59 Å². The fraction of sp³-hybridized carbons (Fsp3) is 0.241. The molecule has 1 aliphatic carbocycles. The number of nitriles is 1. The van der Waals surface area contributed by atoms with E-state index in [9.17, 15) is 19.6 Å². The molecule has 2 aromatic carbocycles. The van der Waals surface area contributed by atoms with Crippen molar-refractivity contribution in [3.63, 3.8) is 0 Å². The largest absolute Gasteiger partial charge is 0.478 e. The molecule has 0 fully saturated rings. The molecule has 4 N–H and O–H groups in total. The molecule has 13 heteroatoms. The van der Waals surface area contributed by atoms with Gasteiger partial charge in [-0.05, 0) is 47.7 Å². The Morgan fingerprint density at radius 2 is 1.98 bits per heavy atom. The lowest BCUT2D eigenvalue weighted by Crippen LogP contribution is -2.42. The van der Waals surface area contributed by atoms with Crippen LogP contribution >= 0.6 is 34.7 Å². The summed E-state index contributed by atoms with van der Waals surface area (Å²) in [6.07, 6.45) is 0.849. The first-order valence-electron chi connectivity index (χ1n) is 12.8. The lowest BCUT2D eigenvalue weighted by molar-refractivity contribution is -0.118. The van der Waals surface area contributed by atoms with Crippen LogP contribution in [0.25, 0.3) is 0 Å². The minimum atomic E-state index is -1.09. The fourth-order valence-corrected chi connectivity index (χ4v) is 6.93. The maximum Gasteiger partial charge on any atom is 0.335 e. The van der Waals surface area contributed by atoms with Crippen LogP contribution < -0.4 is 16.0 Å². The van der Waals surface area contributed by atoms with E-state index < -0.39 is 11.9 Å². The van der Waals surface area contributed by atoms with Crippen LogP contribution in [0.15, 0.2) is 75.5 Å². The molecule has 0 saturated heterocycles. The summed E-state index contributed by atoms with van der Waals surface area (Å²) in [7, 11) is 0. The van der Waals surface area contributed by atoms with Crippen molar-refractivity contribution in [2.24, 2.45) is 11.1 Å². The second-order valence-electron chi connectivity index (χ2n) is 10.6.